The fourth-order valence-corrected chi connectivity index (χ4v) is 4.04. The van der Waals surface area contributed by atoms with Crippen LogP contribution in [0.1, 0.15) is 32.7 Å². The minimum absolute atomic E-state index is 0.00405. The van der Waals surface area contributed by atoms with E-state index in [4.69, 9.17) is 9.47 Å². The van der Waals surface area contributed by atoms with Crippen molar-refractivity contribution in [3.63, 3.8) is 0 Å². The molecule has 3 rings (SSSR count). The standard InChI is InChI=1S/C24H30N4O3S/c1-17(2)15-28-23(18(3)31-21-13-11-20(30-5)12-14-21)25-26-24(28)32-16-22(29)27(4)19-9-7-6-8-10-19/h6-14,17-18H,15-16H2,1-5H3. The van der Waals surface area contributed by atoms with Crippen molar-refractivity contribution in [2.24, 2.45) is 5.92 Å². The minimum Gasteiger partial charge on any atom is -0.497 e. The van der Waals surface area contributed by atoms with E-state index in [9.17, 15) is 4.79 Å². The van der Waals surface area contributed by atoms with Crippen LogP contribution in [0.2, 0.25) is 0 Å². The summed E-state index contributed by atoms with van der Waals surface area (Å²) in [4.78, 5) is 14.4. The Morgan fingerprint density at radius 2 is 1.69 bits per heavy atom. The lowest BCUT2D eigenvalue weighted by molar-refractivity contribution is -0.115. The normalized spacial score (nSPS) is 11.9. The number of methoxy groups -OCH3 is 1. The number of anilines is 1. The molecule has 0 N–H and O–H groups in total. The van der Waals surface area contributed by atoms with Crippen LogP contribution in [0.25, 0.3) is 0 Å². The molecule has 1 atom stereocenters. The number of carbonyl (C=O) groups is 1. The molecule has 0 aliphatic carbocycles. The minimum atomic E-state index is -0.299. The van der Waals surface area contributed by atoms with Gasteiger partial charge in [0.15, 0.2) is 17.1 Å². The maximum Gasteiger partial charge on any atom is 0.237 e. The zero-order valence-corrected chi connectivity index (χ0v) is 20.0. The molecule has 0 fully saturated rings. The smallest absolute Gasteiger partial charge is 0.237 e. The van der Waals surface area contributed by atoms with E-state index >= 15 is 0 Å². The molecule has 0 bridgehead atoms. The Morgan fingerprint density at radius 3 is 2.31 bits per heavy atom. The van der Waals surface area contributed by atoms with Gasteiger partial charge in [-0.15, -0.1) is 10.2 Å². The van der Waals surface area contributed by atoms with E-state index in [0.29, 0.717) is 11.1 Å². The molecule has 0 saturated heterocycles. The third kappa shape index (κ3) is 6.03. The summed E-state index contributed by atoms with van der Waals surface area (Å²) < 4.78 is 13.3. The molecule has 0 radical (unpaired) electrons. The molecule has 2 aromatic carbocycles. The third-order valence-corrected chi connectivity index (χ3v) is 5.82. The lowest BCUT2D eigenvalue weighted by Crippen LogP contribution is -2.28. The molecule has 7 nitrogen and oxygen atoms in total. The van der Waals surface area contributed by atoms with Crippen LogP contribution in [0.15, 0.2) is 59.8 Å². The van der Waals surface area contributed by atoms with Crippen LogP contribution < -0.4 is 14.4 Å². The van der Waals surface area contributed by atoms with Gasteiger partial charge < -0.3 is 18.9 Å². The Bertz CT molecular complexity index is 1010. The number of benzene rings is 2. The van der Waals surface area contributed by atoms with Gasteiger partial charge in [0.05, 0.1) is 12.9 Å². The van der Waals surface area contributed by atoms with Gasteiger partial charge in [0.25, 0.3) is 0 Å². The molecule has 0 aliphatic rings. The lowest BCUT2D eigenvalue weighted by atomic mass is 10.2. The largest absolute Gasteiger partial charge is 0.497 e. The van der Waals surface area contributed by atoms with E-state index in [0.717, 1.165) is 29.6 Å². The van der Waals surface area contributed by atoms with Crippen LogP contribution in [0.3, 0.4) is 0 Å². The van der Waals surface area contributed by atoms with Crippen molar-refractivity contribution in [3.05, 3.63) is 60.4 Å². The number of ether oxygens (including phenoxy) is 2. The van der Waals surface area contributed by atoms with Gasteiger partial charge >= 0.3 is 0 Å². The number of nitrogens with zero attached hydrogens (tertiary/aromatic N) is 4. The summed E-state index contributed by atoms with van der Waals surface area (Å²) in [6.45, 7) is 6.97. The van der Waals surface area contributed by atoms with E-state index in [1.807, 2.05) is 61.5 Å². The fraction of sp³-hybridized carbons (Fsp3) is 0.375. The third-order valence-electron chi connectivity index (χ3n) is 4.87. The van der Waals surface area contributed by atoms with Gasteiger partial charge in [0.2, 0.25) is 5.91 Å². The van der Waals surface area contributed by atoms with Crippen molar-refractivity contribution in [1.29, 1.82) is 0 Å². The lowest BCUT2D eigenvalue weighted by Gasteiger charge is -2.19. The molecule has 1 heterocycles. The van der Waals surface area contributed by atoms with Crippen molar-refractivity contribution >= 4 is 23.4 Å². The van der Waals surface area contributed by atoms with Crippen molar-refractivity contribution in [2.45, 2.75) is 38.6 Å². The zero-order valence-electron chi connectivity index (χ0n) is 19.2. The first-order valence-electron chi connectivity index (χ1n) is 10.6. The highest BCUT2D eigenvalue weighted by molar-refractivity contribution is 7.99. The Labute approximate surface area is 193 Å². The molecule has 3 aromatic rings. The SMILES string of the molecule is COc1ccc(OC(C)c2nnc(SCC(=O)N(C)c3ccccc3)n2CC(C)C)cc1. The van der Waals surface area contributed by atoms with E-state index in [-0.39, 0.29) is 17.8 Å². The van der Waals surface area contributed by atoms with Crippen molar-refractivity contribution in [1.82, 2.24) is 14.8 Å². The number of aromatic nitrogens is 3. The summed E-state index contributed by atoms with van der Waals surface area (Å²) in [6, 6.07) is 17.1. The number of amides is 1. The first kappa shape index (κ1) is 23.7. The average Bonchev–Trinajstić information content (AvgIpc) is 3.19. The molecule has 0 aliphatic heterocycles. The number of thioether (sulfide) groups is 1. The number of rotatable bonds is 10. The van der Waals surface area contributed by atoms with Gasteiger partial charge in [0.1, 0.15) is 11.5 Å². The summed E-state index contributed by atoms with van der Waals surface area (Å²) in [7, 11) is 3.42. The molecule has 1 unspecified atom stereocenters. The highest BCUT2D eigenvalue weighted by Gasteiger charge is 2.22. The predicted octanol–water partition coefficient (Wildman–Crippen LogP) is 4.84. The molecule has 32 heavy (non-hydrogen) atoms. The first-order valence-corrected chi connectivity index (χ1v) is 11.6. The summed E-state index contributed by atoms with van der Waals surface area (Å²) in [6.07, 6.45) is -0.299. The monoisotopic (exact) mass is 454 g/mol. The van der Waals surface area contributed by atoms with Crippen LogP contribution in [0.5, 0.6) is 11.5 Å². The molecule has 0 saturated carbocycles. The Kier molecular flexibility index (Phi) is 8.16. The Hall–Kier alpha value is -3.00. The highest BCUT2D eigenvalue weighted by Crippen LogP contribution is 2.27. The highest BCUT2D eigenvalue weighted by atomic mass is 32.2. The van der Waals surface area contributed by atoms with Gasteiger partial charge in [-0.25, -0.2) is 0 Å². The molecular weight excluding hydrogens is 424 g/mol. The predicted molar refractivity (Wildman–Crippen MR) is 127 cm³/mol. The molecule has 1 aromatic heterocycles. The van der Waals surface area contributed by atoms with Gasteiger partial charge in [-0.05, 0) is 49.2 Å². The van der Waals surface area contributed by atoms with Crippen LogP contribution in [-0.2, 0) is 11.3 Å². The second kappa shape index (κ2) is 11.0. The van der Waals surface area contributed by atoms with Crippen LogP contribution in [-0.4, -0.2) is 40.6 Å². The molecular formula is C24H30N4O3S. The fourth-order valence-electron chi connectivity index (χ4n) is 3.17. The molecule has 1 amide bonds. The molecule has 170 valence electrons. The second-order valence-electron chi connectivity index (χ2n) is 7.86. The zero-order chi connectivity index (χ0) is 23.1. The van der Waals surface area contributed by atoms with Crippen LogP contribution >= 0.6 is 11.8 Å². The second-order valence-corrected chi connectivity index (χ2v) is 8.80. The maximum absolute atomic E-state index is 12.7. The van der Waals surface area contributed by atoms with Gasteiger partial charge in [-0.3, -0.25) is 4.79 Å². The first-order chi connectivity index (χ1) is 15.4. The Morgan fingerprint density at radius 1 is 1.03 bits per heavy atom. The van der Waals surface area contributed by atoms with Crippen molar-refractivity contribution in [2.75, 3.05) is 24.8 Å². The number of hydrogen-bond acceptors (Lipinski definition) is 6. The van der Waals surface area contributed by atoms with E-state index < -0.39 is 0 Å². The summed E-state index contributed by atoms with van der Waals surface area (Å²) in [5, 5.41) is 9.48. The molecule has 8 heteroatoms. The quantitative estimate of drug-likeness (QED) is 0.409. The summed E-state index contributed by atoms with van der Waals surface area (Å²) in [5.41, 5.74) is 0.865. The van der Waals surface area contributed by atoms with Gasteiger partial charge in [-0.2, -0.15) is 0 Å². The van der Waals surface area contributed by atoms with Gasteiger partial charge in [0, 0.05) is 19.3 Å². The topological polar surface area (TPSA) is 69.5 Å². The summed E-state index contributed by atoms with van der Waals surface area (Å²) >= 11 is 1.40. The van der Waals surface area contributed by atoms with E-state index in [1.165, 1.54) is 11.8 Å². The van der Waals surface area contributed by atoms with Gasteiger partial charge in [-0.1, -0.05) is 43.8 Å². The molecule has 0 spiro atoms. The Balaban J connectivity index is 1.71. The number of hydrogen-bond donors (Lipinski definition) is 0. The van der Waals surface area contributed by atoms with E-state index in [2.05, 4.69) is 28.6 Å². The van der Waals surface area contributed by atoms with Crippen LogP contribution in [0, 0.1) is 5.92 Å². The number of para-hydroxylation sites is 1. The van der Waals surface area contributed by atoms with Crippen molar-refractivity contribution < 1.29 is 14.3 Å². The van der Waals surface area contributed by atoms with Crippen LogP contribution in [0.4, 0.5) is 5.69 Å². The average molecular weight is 455 g/mol. The summed E-state index contributed by atoms with van der Waals surface area (Å²) in [5.74, 6) is 2.91. The van der Waals surface area contributed by atoms with E-state index in [1.54, 1.807) is 19.1 Å². The number of carbonyl (C=O) groups excluding carboxylic acids is 1. The maximum atomic E-state index is 12.7. The van der Waals surface area contributed by atoms with Crippen molar-refractivity contribution in [3.8, 4) is 11.5 Å².